The highest BCUT2D eigenvalue weighted by Gasteiger charge is 2.26. The molecule has 2 aromatic heterocycles. The van der Waals surface area contributed by atoms with E-state index in [0.29, 0.717) is 38.5 Å². The lowest BCUT2D eigenvalue weighted by Crippen LogP contribution is -2.41. The van der Waals surface area contributed by atoms with Crippen LogP contribution in [0.5, 0.6) is 0 Å². The molecule has 0 aliphatic carbocycles. The highest BCUT2D eigenvalue weighted by Crippen LogP contribution is 2.21. The average molecular weight is 410 g/mol. The number of halogens is 1. The summed E-state index contributed by atoms with van der Waals surface area (Å²) in [5, 5.41) is 3.54. The van der Waals surface area contributed by atoms with Crippen molar-refractivity contribution in [1.82, 2.24) is 19.6 Å². The zero-order chi connectivity index (χ0) is 21.1. The normalized spacial score (nSPS) is 15.5. The highest BCUT2D eigenvalue weighted by atomic mass is 19.1. The predicted molar refractivity (Wildman–Crippen MR) is 113 cm³/mol. The molecule has 1 aliphatic heterocycles. The van der Waals surface area contributed by atoms with Crippen LogP contribution in [0, 0.1) is 12.7 Å². The maximum Gasteiger partial charge on any atom is 0.274 e. The number of nitrogens with zero attached hydrogens (tertiary/aromatic N) is 3. The molecule has 3 aromatic rings. The van der Waals surface area contributed by atoms with Gasteiger partial charge >= 0.3 is 0 Å². The van der Waals surface area contributed by atoms with E-state index in [4.69, 9.17) is 9.72 Å². The van der Waals surface area contributed by atoms with E-state index in [1.807, 2.05) is 29.7 Å². The molecule has 30 heavy (non-hydrogen) atoms. The van der Waals surface area contributed by atoms with Crippen molar-refractivity contribution >= 4 is 11.6 Å². The molecule has 0 unspecified atom stereocenters. The van der Waals surface area contributed by atoms with Crippen LogP contribution in [0.3, 0.4) is 0 Å². The van der Waals surface area contributed by atoms with Crippen LogP contribution in [0.1, 0.15) is 46.7 Å². The highest BCUT2D eigenvalue weighted by molar-refractivity contribution is 5.94. The Balaban J connectivity index is 1.65. The lowest BCUT2D eigenvalue weighted by molar-refractivity contribution is 0.0298. The van der Waals surface area contributed by atoms with E-state index in [-0.39, 0.29) is 17.8 Å². The van der Waals surface area contributed by atoms with Crippen molar-refractivity contribution in [2.24, 2.45) is 0 Å². The fourth-order valence-corrected chi connectivity index (χ4v) is 3.92. The minimum atomic E-state index is -0.246. The van der Waals surface area contributed by atoms with Gasteiger partial charge < -0.3 is 19.4 Å². The summed E-state index contributed by atoms with van der Waals surface area (Å²) >= 11 is 0. The second-order valence-corrected chi connectivity index (χ2v) is 7.59. The monoisotopic (exact) mass is 410 g/mol. The Bertz CT molecular complexity index is 1030. The van der Waals surface area contributed by atoms with Gasteiger partial charge in [-0.15, -0.1) is 0 Å². The number of amides is 1. The van der Waals surface area contributed by atoms with Crippen LogP contribution in [0.2, 0.25) is 0 Å². The van der Waals surface area contributed by atoms with Crippen LogP contribution < -0.4 is 5.32 Å². The number of hydrogen-bond acceptors (Lipinski definition) is 4. The summed E-state index contributed by atoms with van der Waals surface area (Å²) in [6.07, 6.45) is 2.79. The molecular formula is C23H27FN4O2. The van der Waals surface area contributed by atoms with Gasteiger partial charge in [0.1, 0.15) is 11.5 Å². The van der Waals surface area contributed by atoms with Crippen molar-refractivity contribution in [2.45, 2.75) is 32.9 Å². The number of hydrogen-bond donors (Lipinski definition) is 1. The minimum absolute atomic E-state index is 0.0484. The number of aryl methyl sites for hydroxylation is 1. The lowest BCUT2D eigenvalue weighted by atomic mass is 10.0. The topological polar surface area (TPSA) is 58.9 Å². The molecule has 0 saturated carbocycles. The van der Waals surface area contributed by atoms with Gasteiger partial charge in [0, 0.05) is 31.9 Å². The van der Waals surface area contributed by atoms with E-state index in [1.54, 1.807) is 17.0 Å². The van der Waals surface area contributed by atoms with Gasteiger partial charge in [-0.2, -0.15) is 0 Å². The molecule has 158 valence electrons. The predicted octanol–water partition coefficient (Wildman–Crippen LogP) is 3.50. The van der Waals surface area contributed by atoms with Crippen molar-refractivity contribution in [3.63, 3.8) is 0 Å². The van der Waals surface area contributed by atoms with Gasteiger partial charge in [-0.3, -0.25) is 4.79 Å². The van der Waals surface area contributed by atoms with Crippen molar-refractivity contribution in [2.75, 3.05) is 26.3 Å². The first-order valence-electron chi connectivity index (χ1n) is 10.4. The van der Waals surface area contributed by atoms with Gasteiger partial charge in [-0.25, -0.2) is 9.37 Å². The molecule has 1 N–H and O–H groups in total. The van der Waals surface area contributed by atoms with Gasteiger partial charge in [-0.1, -0.05) is 25.1 Å². The first-order valence-corrected chi connectivity index (χ1v) is 10.4. The molecule has 1 aromatic carbocycles. The molecule has 6 nitrogen and oxygen atoms in total. The largest absolute Gasteiger partial charge is 0.378 e. The Morgan fingerprint density at radius 2 is 1.97 bits per heavy atom. The second kappa shape index (κ2) is 8.93. The third-order valence-corrected chi connectivity index (χ3v) is 5.64. The van der Waals surface area contributed by atoms with Gasteiger partial charge in [0.15, 0.2) is 5.69 Å². The summed E-state index contributed by atoms with van der Waals surface area (Å²) in [4.78, 5) is 19.8. The molecule has 1 atom stereocenters. The molecule has 1 aliphatic rings. The standard InChI is InChI=1S/C23H27FN4O2/c1-3-19(17-6-8-18(24)9-7-17)25-15-20-21(23(29)27-11-13-30-14-12-27)26-22-16(2)5-4-10-28(20)22/h4-10,19,25H,3,11-15H2,1-2H3/t19-/m0/s1. The minimum Gasteiger partial charge on any atom is -0.378 e. The lowest BCUT2D eigenvalue weighted by Gasteiger charge is -2.26. The van der Waals surface area contributed by atoms with Crippen molar-refractivity contribution < 1.29 is 13.9 Å². The molecule has 0 bridgehead atoms. The number of pyridine rings is 1. The quantitative estimate of drug-likeness (QED) is 0.676. The van der Waals surface area contributed by atoms with E-state index in [0.717, 1.165) is 28.9 Å². The number of aromatic nitrogens is 2. The molecule has 3 heterocycles. The molecule has 1 fully saturated rings. The first-order chi connectivity index (χ1) is 14.6. The van der Waals surface area contributed by atoms with Gasteiger partial charge in [0.05, 0.1) is 18.9 Å². The summed E-state index contributed by atoms with van der Waals surface area (Å²) < 4.78 is 20.7. The van der Waals surface area contributed by atoms with Crippen molar-refractivity contribution in [3.05, 3.63) is 70.9 Å². The summed E-state index contributed by atoms with van der Waals surface area (Å²) in [6, 6.07) is 10.6. The zero-order valence-electron chi connectivity index (χ0n) is 17.4. The van der Waals surface area contributed by atoms with Crippen LogP contribution in [-0.2, 0) is 11.3 Å². The Morgan fingerprint density at radius 1 is 1.23 bits per heavy atom. The Kier molecular flexibility index (Phi) is 6.11. The fraction of sp³-hybridized carbons (Fsp3) is 0.391. The van der Waals surface area contributed by atoms with Crippen molar-refractivity contribution in [1.29, 1.82) is 0 Å². The summed E-state index contributed by atoms with van der Waals surface area (Å²) in [5.74, 6) is -0.308. The first kappa shape index (κ1) is 20.5. The third kappa shape index (κ3) is 4.08. The van der Waals surface area contributed by atoms with E-state index in [1.165, 1.54) is 12.1 Å². The summed E-state index contributed by atoms with van der Waals surface area (Å²) in [5.41, 5.74) is 4.15. The average Bonchev–Trinajstić information content (AvgIpc) is 3.15. The van der Waals surface area contributed by atoms with Crippen LogP contribution in [0.25, 0.3) is 5.65 Å². The number of benzene rings is 1. The molecule has 1 amide bonds. The zero-order valence-corrected chi connectivity index (χ0v) is 17.4. The SMILES string of the molecule is CC[C@H](NCc1c(C(=O)N2CCOCC2)nc2c(C)cccn12)c1ccc(F)cc1. The van der Waals surface area contributed by atoms with Crippen LogP contribution in [0.4, 0.5) is 4.39 Å². The van der Waals surface area contributed by atoms with E-state index >= 15 is 0 Å². The van der Waals surface area contributed by atoms with E-state index in [9.17, 15) is 9.18 Å². The maximum atomic E-state index is 13.3. The molecule has 0 spiro atoms. The number of fused-ring (bicyclic) bond motifs is 1. The Hall–Kier alpha value is -2.77. The van der Waals surface area contributed by atoms with Crippen LogP contribution in [0.15, 0.2) is 42.6 Å². The molecule has 0 radical (unpaired) electrons. The van der Waals surface area contributed by atoms with Gasteiger partial charge in [0.2, 0.25) is 0 Å². The van der Waals surface area contributed by atoms with Crippen LogP contribution >= 0.6 is 0 Å². The summed E-state index contributed by atoms with van der Waals surface area (Å²) in [6.45, 7) is 6.81. The van der Waals surface area contributed by atoms with E-state index < -0.39 is 0 Å². The molecule has 4 rings (SSSR count). The van der Waals surface area contributed by atoms with Gasteiger partial charge in [0.25, 0.3) is 5.91 Å². The molecular weight excluding hydrogens is 383 g/mol. The van der Waals surface area contributed by atoms with Gasteiger partial charge in [-0.05, 0) is 42.7 Å². The summed E-state index contributed by atoms with van der Waals surface area (Å²) in [7, 11) is 0. The number of nitrogens with one attached hydrogen (secondary N) is 1. The second-order valence-electron chi connectivity index (χ2n) is 7.59. The van der Waals surface area contributed by atoms with E-state index in [2.05, 4.69) is 12.2 Å². The number of carbonyl (C=O) groups is 1. The Morgan fingerprint density at radius 3 is 2.67 bits per heavy atom. The van der Waals surface area contributed by atoms with Crippen molar-refractivity contribution in [3.8, 4) is 0 Å². The number of morpholine rings is 1. The number of ether oxygens (including phenoxy) is 1. The molecule has 7 heteroatoms. The Labute approximate surface area is 175 Å². The number of carbonyl (C=O) groups excluding carboxylic acids is 1. The number of imidazole rings is 1. The van der Waals surface area contributed by atoms with Crippen LogP contribution in [-0.4, -0.2) is 46.5 Å². The number of rotatable bonds is 6. The third-order valence-electron chi connectivity index (χ3n) is 5.64. The molecule has 1 saturated heterocycles. The fourth-order valence-electron chi connectivity index (χ4n) is 3.92. The maximum absolute atomic E-state index is 13.3. The smallest absolute Gasteiger partial charge is 0.274 e.